The second-order valence-corrected chi connectivity index (χ2v) is 5.66. The van der Waals surface area contributed by atoms with Gasteiger partial charge in [0.2, 0.25) is 0 Å². The summed E-state index contributed by atoms with van der Waals surface area (Å²) in [5, 5.41) is 3.74. The molecule has 1 aliphatic heterocycles. The summed E-state index contributed by atoms with van der Waals surface area (Å²) in [6, 6.07) is 1.38. The van der Waals surface area contributed by atoms with Gasteiger partial charge < -0.3 is 10.2 Å². The van der Waals surface area contributed by atoms with Gasteiger partial charge in [-0.15, -0.1) is 0 Å². The quantitative estimate of drug-likeness (QED) is 0.723. The number of likely N-dealkylation sites (tertiary alicyclic amines) is 1. The van der Waals surface area contributed by atoms with Crippen molar-refractivity contribution in [1.29, 1.82) is 0 Å². The maximum atomic E-state index is 3.74. The Hall–Kier alpha value is -0.0800. The molecule has 2 rings (SSSR count). The van der Waals surface area contributed by atoms with E-state index in [0.717, 1.165) is 12.0 Å². The molecule has 0 aromatic carbocycles. The molecule has 1 saturated carbocycles. The molecule has 0 spiro atoms. The van der Waals surface area contributed by atoms with E-state index in [-0.39, 0.29) is 0 Å². The van der Waals surface area contributed by atoms with Crippen molar-refractivity contribution >= 4 is 0 Å². The summed E-state index contributed by atoms with van der Waals surface area (Å²) >= 11 is 0. The van der Waals surface area contributed by atoms with Crippen LogP contribution in [0.4, 0.5) is 0 Å². The van der Waals surface area contributed by atoms with Crippen molar-refractivity contribution in [3.05, 3.63) is 0 Å². The Morgan fingerprint density at radius 1 is 1.13 bits per heavy atom. The van der Waals surface area contributed by atoms with Crippen LogP contribution < -0.4 is 5.32 Å². The number of nitrogens with one attached hydrogen (secondary N) is 1. The number of nitrogens with zero attached hydrogens (tertiary/aromatic N) is 1. The summed E-state index contributed by atoms with van der Waals surface area (Å²) in [6.45, 7) is 8.57. The number of rotatable bonds is 6. The Morgan fingerprint density at radius 2 is 1.80 bits per heavy atom. The maximum absolute atomic E-state index is 3.74. The molecule has 2 fully saturated rings. The highest BCUT2D eigenvalue weighted by atomic mass is 15.2. The van der Waals surface area contributed by atoms with Gasteiger partial charge in [0.1, 0.15) is 0 Å². The molecule has 1 N–H and O–H groups in total. The molecule has 1 heterocycles. The molecule has 2 unspecified atom stereocenters. The highest BCUT2D eigenvalue weighted by molar-refractivity contribution is 4.80. The van der Waals surface area contributed by atoms with Gasteiger partial charge in [-0.2, -0.15) is 0 Å². The third kappa shape index (κ3) is 4.12. The van der Waals surface area contributed by atoms with Crippen molar-refractivity contribution in [1.82, 2.24) is 10.2 Å². The molecule has 0 amide bonds. The van der Waals surface area contributed by atoms with E-state index < -0.39 is 0 Å². The molecule has 1 aliphatic carbocycles. The zero-order chi connectivity index (χ0) is 10.7. The molecule has 2 nitrogen and oxygen atoms in total. The molecule has 0 aromatic rings. The van der Waals surface area contributed by atoms with Gasteiger partial charge in [-0.25, -0.2) is 0 Å². The minimum absolute atomic E-state index is 0.664. The molecule has 1 saturated heterocycles. The Kier molecular flexibility index (Phi) is 4.04. The second kappa shape index (κ2) is 5.31. The first-order valence-corrected chi connectivity index (χ1v) is 6.72. The van der Waals surface area contributed by atoms with Gasteiger partial charge in [0.05, 0.1) is 0 Å². The Balaban J connectivity index is 1.59. The molecule has 2 heteroatoms. The Morgan fingerprint density at radius 3 is 2.40 bits per heavy atom. The first kappa shape index (κ1) is 11.4. The average Bonchev–Trinajstić information content (AvgIpc) is 2.80. The largest absolute Gasteiger partial charge is 0.310 e. The lowest BCUT2D eigenvalue weighted by atomic mass is 10.1. The van der Waals surface area contributed by atoms with E-state index in [4.69, 9.17) is 0 Å². The molecular formula is C13H26N2. The van der Waals surface area contributed by atoms with Crippen LogP contribution in [0.5, 0.6) is 0 Å². The zero-order valence-corrected chi connectivity index (χ0v) is 10.3. The topological polar surface area (TPSA) is 15.3 Å². The fourth-order valence-corrected chi connectivity index (χ4v) is 2.81. The fraction of sp³-hybridized carbons (Fsp3) is 1.00. The first-order chi connectivity index (χ1) is 7.24. The lowest BCUT2D eigenvalue weighted by Crippen LogP contribution is -2.42. The lowest BCUT2D eigenvalue weighted by molar-refractivity contribution is 0.284. The molecule has 0 radical (unpaired) electrons. The Labute approximate surface area is 94.4 Å². The van der Waals surface area contributed by atoms with Gasteiger partial charge in [0.25, 0.3) is 0 Å². The predicted molar refractivity (Wildman–Crippen MR) is 65.1 cm³/mol. The third-order valence-corrected chi connectivity index (χ3v) is 3.68. The van der Waals surface area contributed by atoms with Crippen LogP contribution in [0.15, 0.2) is 0 Å². The van der Waals surface area contributed by atoms with Crippen molar-refractivity contribution < 1.29 is 0 Å². The lowest BCUT2D eigenvalue weighted by Gasteiger charge is -2.24. The van der Waals surface area contributed by atoms with E-state index in [1.54, 1.807) is 0 Å². The molecule has 0 bridgehead atoms. The summed E-state index contributed by atoms with van der Waals surface area (Å²) < 4.78 is 0. The van der Waals surface area contributed by atoms with Crippen LogP contribution in [-0.4, -0.2) is 36.6 Å². The third-order valence-electron chi connectivity index (χ3n) is 3.68. The van der Waals surface area contributed by atoms with E-state index >= 15 is 0 Å². The van der Waals surface area contributed by atoms with E-state index in [9.17, 15) is 0 Å². The first-order valence-electron chi connectivity index (χ1n) is 6.72. The summed E-state index contributed by atoms with van der Waals surface area (Å²) in [5.74, 6) is 1.05. The SMILES string of the molecule is CC(CC1CC1)NC(C)CN1CCCC1. The van der Waals surface area contributed by atoms with Crippen LogP contribution >= 0.6 is 0 Å². The smallest absolute Gasteiger partial charge is 0.0169 e. The normalized spacial score (nSPS) is 26.8. The minimum atomic E-state index is 0.664. The molecule has 15 heavy (non-hydrogen) atoms. The number of hydrogen-bond acceptors (Lipinski definition) is 2. The molecule has 0 aromatic heterocycles. The highest BCUT2D eigenvalue weighted by Crippen LogP contribution is 2.33. The second-order valence-electron chi connectivity index (χ2n) is 5.66. The van der Waals surface area contributed by atoms with E-state index in [2.05, 4.69) is 24.1 Å². The summed E-state index contributed by atoms with van der Waals surface area (Å²) in [7, 11) is 0. The summed E-state index contributed by atoms with van der Waals surface area (Å²) in [5.41, 5.74) is 0. The molecule has 2 aliphatic rings. The summed E-state index contributed by atoms with van der Waals surface area (Å²) in [4.78, 5) is 2.60. The van der Waals surface area contributed by atoms with Crippen LogP contribution in [0.1, 0.15) is 46.0 Å². The van der Waals surface area contributed by atoms with Crippen LogP contribution in [0.3, 0.4) is 0 Å². The standard InChI is InChI=1S/C13H26N2/c1-11(9-13-5-6-13)14-12(2)10-15-7-3-4-8-15/h11-14H,3-10H2,1-2H3. The van der Waals surface area contributed by atoms with Gasteiger partial charge in [0, 0.05) is 18.6 Å². The van der Waals surface area contributed by atoms with Crippen molar-refractivity contribution in [2.75, 3.05) is 19.6 Å². The highest BCUT2D eigenvalue weighted by Gasteiger charge is 2.24. The van der Waals surface area contributed by atoms with Crippen molar-refractivity contribution in [3.8, 4) is 0 Å². The zero-order valence-electron chi connectivity index (χ0n) is 10.3. The number of hydrogen-bond donors (Lipinski definition) is 1. The van der Waals surface area contributed by atoms with Crippen molar-refractivity contribution in [2.24, 2.45) is 5.92 Å². The maximum Gasteiger partial charge on any atom is 0.0169 e. The molecule has 88 valence electrons. The van der Waals surface area contributed by atoms with Gasteiger partial charge in [-0.1, -0.05) is 12.8 Å². The van der Waals surface area contributed by atoms with Gasteiger partial charge >= 0.3 is 0 Å². The van der Waals surface area contributed by atoms with E-state index in [1.165, 1.54) is 51.7 Å². The molecule has 2 atom stereocenters. The minimum Gasteiger partial charge on any atom is -0.310 e. The van der Waals surface area contributed by atoms with Crippen LogP contribution in [0.25, 0.3) is 0 Å². The van der Waals surface area contributed by atoms with Gasteiger partial charge in [0.15, 0.2) is 0 Å². The Bertz CT molecular complexity index is 183. The monoisotopic (exact) mass is 210 g/mol. The van der Waals surface area contributed by atoms with Crippen molar-refractivity contribution in [3.63, 3.8) is 0 Å². The van der Waals surface area contributed by atoms with Crippen LogP contribution in [-0.2, 0) is 0 Å². The predicted octanol–water partition coefficient (Wildman–Crippen LogP) is 2.25. The van der Waals surface area contributed by atoms with Crippen LogP contribution in [0.2, 0.25) is 0 Å². The van der Waals surface area contributed by atoms with E-state index in [0.29, 0.717) is 6.04 Å². The van der Waals surface area contributed by atoms with Gasteiger partial charge in [-0.05, 0) is 52.1 Å². The summed E-state index contributed by atoms with van der Waals surface area (Å²) in [6.07, 6.45) is 7.16. The average molecular weight is 210 g/mol. The fourth-order valence-electron chi connectivity index (χ4n) is 2.81. The van der Waals surface area contributed by atoms with Crippen LogP contribution in [0, 0.1) is 5.92 Å². The van der Waals surface area contributed by atoms with Crippen molar-refractivity contribution in [2.45, 2.75) is 58.0 Å². The molecular weight excluding hydrogens is 184 g/mol. The van der Waals surface area contributed by atoms with E-state index in [1.807, 2.05) is 0 Å². The van der Waals surface area contributed by atoms with Gasteiger partial charge in [-0.3, -0.25) is 0 Å².